The normalized spacial score (nSPS) is 28.8. The molecule has 2 saturated heterocycles. The van der Waals surface area contributed by atoms with Gasteiger partial charge < -0.3 is 15.4 Å². The minimum Gasteiger partial charge on any atom is -0.373 e. The highest BCUT2D eigenvalue weighted by molar-refractivity contribution is 5.79. The molecule has 18 heavy (non-hydrogen) atoms. The van der Waals surface area contributed by atoms with Crippen molar-refractivity contribution >= 4 is 5.96 Å². The largest absolute Gasteiger partial charge is 0.373 e. The van der Waals surface area contributed by atoms with Gasteiger partial charge in [0.25, 0.3) is 0 Å². The second kappa shape index (κ2) is 6.75. The first-order chi connectivity index (χ1) is 8.83. The zero-order valence-corrected chi connectivity index (χ0v) is 11.2. The van der Waals surface area contributed by atoms with Crippen molar-refractivity contribution in [1.82, 2.24) is 15.5 Å². The molecule has 0 aliphatic carbocycles. The van der Waals surface area contributed by atoms with Gasteiger partial charge in [0.05, 0.1) is 12.7 Å². The summed E-state index contributed by atoms with van der Waals surface area (Å²) in [6.45, 7) is 8.35. The van der Waals surface area contributed by atoms with E-state index in [0.717, 1.165) is 32.2 Å². The molecule has 0 saturated carbocycles. The summed E-state index contributed by atoms with van der Waals surface area (Å²) < 4.78 is 5.88. The summed E-state index contributed by atoms with van der Waals surface area (Å²) in [5.41, 5.74) is 0. The molecule has 0 bridgehead atoms. The van der Waals surface area contributed by atoms with Crippen molar-refractivity contribution < 1.29 is 4.74 Å². The Labute approximate surface area is 109 Å². The Morgan fingerprint density at radius 3 is 3.22 bits per heavy atom. The van der Waals surface area contributed by atoms with Crippen molar-refractivity contribution in [2.24, 2.45) is 4.99 Å². The second-order valence-electron chi connectivity index (χ2n) is 4.87. The average Bonchev–Trinajstić information content (AvgIpc) is 2.86. The summed E-state index contributed by atoms with van der Waals surface area (Å²) in [5, 5.41) is 6.45. The first-order valence-corrected chi connectivity index (χ1v) is 6.74. The summed E-state index contributed by atoms with van der Waals surface area (Å²) in [7, 11) is 1.77. The Hall–Kier alpha value is -1.07. The third kappa shape index (κ3) is 3.46. The molecular weight excluding hydrogens is 228 g/mol. The molecule has 2 rings (SSSR count). The van der Waals surface area contributed by atoms with Crippen molar-refractivity contribution in [3.05, 3.63) is 12.7 Å². The number of nitrogens with zero attached hydrogens (tertiary/aromatic N) is 2. The Bertz CT molecular complexity index is 305. The minimum atomic E-state index is 0.265. The predicted molar refractivity (Wildman–Crippen MR) is 73.9 cm³/mol. The smallest absolute Gasteiger partial charge is 0.191 e. The fourth-order valence-corrected chi connectivity index (χ4v) is 2.61. The number of hydrogen-bond donors (Lipinski definition) is 2. The summed E-state index contributed by atoms with van der Waals surface area (Å²) in [4.78, 5) is 6.71. The zero-order chi connectivity index (χ0) is 12.8. The van der Waals surface area contributed by atoms with E-state index >= 15 is 0 Å². The van der Waals surface area contributed by atoms with E-state index in [1.54, 1.807) is 7.05 Å². The molecule has 102 valence electrons. The standard InChI is InChI=1S/C13H24N4O/c1-3-6-15-13(14-2)16-8-12-9-17-7-4-5-11(17)10-18-12/h3,11-12H,1,4-10H2,2H3,(H2,14,15,16). The number of nitrogens with one attached hydrogen (secondary N) is 2. The van der Waals surface area contributed by atoms with Crippen LogP contribution >= 0.6 is 0 Å². The molecule has 2 N–H and O–H groups in total. The van der Waals surface area contributed by atoms with Crippen LogP contribution in [0.1, 0.15) is 12.8 Å². The Balaban J connectivity index is 1.71. The third-order valence-electron chi connectivity index (χ3n) is 3.60. The number of morpholine rings is 1. The highest BCUT2D eigenvalue weighted by Gasteiger charge is 2.31. The Morgan fingerprint density at radius 2 is 2.44 bits per heavy atom. The van der Waals surface area contributed by atoms with Gasteiger partial charge in [-0.15, -0.1) is 6.58 Å². The first-order valence-electron chi connectivity index (χ1n) is 6.74. The van der Waals surface area contributed by atoms with E-state index in [1.165, 1.54) is 19.4 Å². The molecule has 0 aromatic rings. The molecule has 2 atom stereocenters. The van der Waals surface area contributed by atoms with Crippen molar-refractivity contribution in [3.8, 4) is 0 Å². The van der Waals surface area contributed by atoms with Gasteiger partial charge in [-0.2, -0.15) is 0 Å². The van der Waals surface area contributed by atoms with E-state index in [1.807, 2.05) is 6.08 Å². The van der Waals surface area contributed by atoms with Crippen LogP contribution in [-0.4, -0.2) is 62.8 Å². The molecule has 2 fully saturated rings. The lowest BCUT2D eigenvalue weighted by molar-refractivity contribution is -0.0453. The lowest BCUT2D eigenvalue weighted by Gasteiger charge is -2.35. The molecular formula is C13H24N4O. The lowest BCUT2D eigenvalue weighted by Crippen LogP contribution is -2.51. The topological polar surface area (TPSA) is 48.9 Å². The van der Waals surface area contributed by atoms with Gasteiger partial charge in [-0.05, 0) is 19.4 Å². The van der Waals surface area contributed by atoms with Crippen LogP contribution < -0.4 is 10.6 Å². The molecule has 0 spiro atoms. The van der Waals surface area contributed by atoms with Gasteiger partial charge in [0.1, 0.15) is 0 Å². The highest BCUT2D eigenvalue weighted by Crippen LogP contribution is 2.22. The maximum absolute atomic E-state index is 5.88. The summed E-state index contributed by atoms with van der Waals surface area (Å²) in [6, 6.07) is 0.666. The Kier molecular flexibility index (Phi) is 5.01. The molecule has 2 heterocycles. The monoisotopic (exact) mass is 252 g/mol. The number of hydrogen-bond acceptors (Lipinski definition) is 3. The summed E-state index contributed by atoms with van der Waals surface area (Å²) in [5.74, 6) is 0.807. The summed E-state index contributed by atoms with van der Waals surface area (Å²) in [6.07, 6.45) is 4.69. The van der Waals surface area contributed by atoms with Crippen LogP contribution in [0.5, 0.6) is 0 Å². The van der Waals surface area contributed by atoms with Crippen molar-refractivity contribution in [2.45, 2.75) is 25.0 Å². The number of guanidine groups is 1. The lowest BCUT2D eigenvalue weighted by atomic mass is 10.2. The van der Waals surface area contributed by atoms with Gasteiger partial charge in [-0.25, -0.2) is 0 Å². The number of ether oxygens (including phenoxy) is 1. The van der Waals surface area contributed by atoms with Crippen LogP contribution in [0.4, 0.5) is 0 Å². The molecule has 5 nitrogen and oxygen atoms in total. The molecule has 2 aliphatic heterocycles. The fraction of sp³-hybridized carbons (Fsp3) is 0.769. The number of rotatable bonds is 4. The third-order valence-corrected chi connectivity index (χ3v) is 3.60. The van der Waals surface area contributed by atoms with E-state index in [-0.39, 0.29) is 6.10 Å². The molecule has 0 radical (unpaired) electrons. The predicted octanol–water partition coefficient (Wildman–Crippen LogP) is 0.201. The van der Waals surface area contributed by atoms with Gasteiger partial charge >= 0.3 is 0 Å². The van der Waals surface area contributed by atoms with Crippen LogP contribution in [0.2, 0.25) is 0 Å². The van der Waals surface area contributed by atoms with Gasteiger partial charge in [0.2, 0.25) is 0 Å². The van der Waals surface area contributed by atoms with Crippen LogP contribution in [0.3, 0.4) is 0 Å². The van der Waals surface area contributed by atoms with Crippen molar-refractivity contribution in [3.63, 3.8) is 0 Å². The van der Waals surface area contributed by atoms with Gasteiger partial charge in [-0.1, -0.05) is 6.08 Å². The minimum absolute atomic E-state index is 0.265. The number of aliphatic imine (C=N–C) groups is 1. The van der Waals surface area contributed by atoms with Crippen LogP contribution in [0, 0.1) is 0 Å². The van der Waals surface area contributed by atoms with Crippen LogP contribution in [0.25, 0.3) is 0 Å². The van der Waals surface area contributed by atoms with Crippen LogP contribution in [-0.2, 0) is 4.74 Å². The zero-order valence-electron chi connectivity index (χ0n) is 11.2. The van der Waals surface area contributed by atoms with Crippen molar-refractivity contribution in [2.75, 3.05) is 39.8 Å². The fourth-order valence-electron chi connectivity index (χ4n) is 2.61. The quantitative estimate of drug-likeness (QED) is 0.426. The average molecular weight is 252 g/mol. The maximum Gasteiger partial charge on any atom is 0.191 e. The molecule has 0 amide bonds. The van der Waals surface area contributed by atoms with Gasteiger partial charge in [0.15, 0.2) is 5.96 Å². The van der Waals surface area contributed by atoms with E-state index in [0.29, 0.717) is 6.04 Å². The highest BCUT2D eigenvalue weighted by atomic mass is 16.5. The molecule has 0 aromatic carbocycles. The molecule has 2 unspecified atom stereocenters. The summed E-state index contributed by atoms with van der Waals surface area (Å²) >= 11 is 0. The van der Waals surface area contributed by atoms with Gasteiger partial charge in [-0.3, -0.25) is 9.89 Å². The molecule has 2 aliphatic rings. The van der Waals surface area contributed by atoms with Crippen molar-refractivity contribution in [1.29, 1.82) is 0 Å². The Morgan fingerprint density at radius 1 is 1.56 bits per heavy atom. The van der Waals surface area contributed by atoms with Crippen LogP contribution in [0.15, 0.2) is 17.6 Å². The van der Waals surface area contributed by atoms with E-state index in [2.05, 4.69) is 27.1 Å². The first kappa shape index (κ1) is 13.4. The van der Waals surface area contributed by atoms with Gasteiger partial charge in [0, 0.05) is 32.7 Å². The van der Waals surface area contributed by atoms with E-state index < -0.39 is 0 Å². The number of fused-ring (bicyclic) bond motifs is 1. The van der Waals surface area contributed by atoms with E-state index in [9.17, 15) is 0 Å². The molecule has 0 aromatic heterocycles. The van der Waals surface area contributed by atoms with E-state index in [4.69, 9.17) is 4.74 Å². The second-order valence-corrected chi connectivity index (χ2v) is 4.87. The SMILES string of the molecule is C=CCNC(=NC)NCC1CN2CCCC2CO1. The molecule has 5 heteroatoms. The maximum atomic E-state index is 5.88.